The van der Waals surface area contributed by atoms with Crippen molar-refractivity contribution in [1.82, 2.24) is 9.78 Å². The van der Waals surface area contributed by atoms with Crippen molar-refractivity contribution in [2.45, 2.75) is 13.5 Å². The molecule has 0 bridgehead atoms. The number of nitro groups is 1. The van der Waals surface area contributed by atoms with E-state index in [1.807, 2.05) is 6.92 Å². The minimum absolute atomic E-state index is 0.0147. The molecule has 0 aliphatic rings. The Hall–Kier alpha value is -3.88. The lowest BCUT2D eigenvalue weighted by molar-refractivity contribution is -0.384. The first-order valence-electron chi connectivity index (χ1n) is 8.34. The predicted octanol–water partition coefficient (Wildman–Crippen LogP) is 3.54. The summed E-state index contributed by atoms with van der Waals surface area (Å²) in [6.45, 7) is 1.85. The number of amides is 1. The highest BCUT2D eigenvalue weighted by atomic mass is 16.6. The molecule has 0 aliphatic heterocycles. The van der Waals surface area contributed by atoms with Gasteiger partial charge in [-0.05, 0) is 24.6 Å². The molecule has 3 rings (SSSR count). The van der Waals surface area contributed by atoms with E-state index in [0.717, 1.165) is 5.56 Å². The highest BCUT2D eigenvalue weighted by molar-refractivity contribution is 5.91. The molecule has 0 saturated carbocycles. The van der Waals surface area contributed by atoms with Gasteiger partial charge in [-0.15, -0.1) is 0 Å². The van der Waals surface area contributed by atoms with Crippen molar-refractivity contribution in [1.29, 1.82) is 0 Å². The summed E-state index contributed by atoms with van der Waals surface area (Å²) in [6.07, 6.45) is 3.36. The average Bonchev–Trinajstić information content (AvgIpc) is 3.06. The number of rotatable bonds is 7. The number of hydrogen-bond donors (Lipinski definition) is 1. The Labute approximate surface area is 160 Å². The van der Waals surface area contributed by atoms with Crippen LogP contribution in [-0.4, -0.2) is 27.7 Å². The zero-order chi connectivity index (χ0) is 20.1. The van der Waals surface area contributed by atoms with Crippen molar-refractivity contribution < 1.29 is 19.2 Å². The maximum Gasteiger partial charge on any atom is 0.275 e. The minimum Gasteiger partial charge on any atom is -0.493 e. The Bertz CT molecular complexity index is 1020. The standard InChI is InChI=1S/C19H18N4O5/c1-13-10-20-22(11-13)12-19(24)21-14-7-15(23(25)26)9-16(8-14)28-18-6-4-3-5-17(18)27-2/h3-11H,12H2,1-2H3,(H,21,24). The number of methoxy groups -OCH3 is 1. The van der Waals surface area contributed by atoms with Gasteiger partial charge in [0.2, 0.25) is 5.91 Å². The molecular formula is C19H18N4O5. The van der Waals surface area contributed by atoms with Gasteiger partial charge in [0.25, 0.3) is 5.69 Å². The van der Waals surface area contributed by atoms with Crippen molar-refractivity contribution in [2.24, 2.45) is 0 Å². The number of nitro benzene ring substituents is 1. The maximum atomic E-state index is 12.2. The second-order valence-corrected chi connectivity index (χ2v) is 5.99. The van der Waals surface area contributed by atoms with E-state index in [1.54, 1.807) is 36.7 Å². The Kier molecular flexibility index (Phi) is 5.54. The van der Waals surface area contributed by atoms with Gasteiger partial charge in [0.1, 0.15) is 12.3 Å². The first-order valence-corrected chi connectivity index (χ1v) is 8.34. The van der Waals surface area contributed by atoms with E-state index in [2.05, 4.69) is 10.4 Å². The Morgan fingerprint density at radius 3 is 2.64 bits per heavy atom. The smallest absolute Gasteiger partial charge is 0.275 e. The number of carbonyl (C=O) groups is 1. The lowest BCUT2D eigenvalue weighted by Crippen LogP contribution is -2.19. The number of nitrogens with one attached hydrogen (secondary N) is 1. The largest absolute Gasteiger partial charge is 0.493 e. The first kappa shape index (κ1) is 18.9. The van der Waals surface area contributed by atoms with Crippen LogP contribution in [0, 0.1) is 17.0 Å². The van der Waals surface area contributed by atoms with Gasteiger partial charge in [-0.1, -0.05) is 12.1 Å². The number of aryl methyl sites for hydroxylation is 1. The van der Waals surface area contributed by atoms with Crippen LogP contribution in [0.2, 0.25) is 0 Å². The van der Waals surface area contributed by atoms with Crippen molar-refractivity contribution in [3.05, 3.63) is 70.5 Å². The molecule has 9 heteroatoms. The number of hydrogen-bond acceptors (Lipinski definition) is 6. The zero-order valence-electron chi connectivity index (χ0n) is 15.3. The van der Waals surface area contributed by atoms with Crippen LogP contribution in [0.15, 0.2) is 54.9 Å². The Balaban J connectivity index is 1.83. The molecule has 3 aromatic rings. The van der Waals surface area contributed by atoms with E-state index in [4.69, 9.17) is 9.47 Å². The molecule has 0 atom stereocenters. The number of anilines is 1. The Morgan fingerprint density at radius 1 is 1.25 bits per heavy atom. The highest BCUT2D eigenvalue weighted by Crippen LogP contribution is 2.34. The molecule has 9 nitrogen and oxygen atoms in total. The van der Waals surface area contributed by atoms with Crippen LogP contribution < -0.4 is 14.8 Å². The fourth-order valence-corrected chi connectivity index (χ4v) is 2.55. The summed E-state index contributed by atoms with van der Waals surface area (Å²) < 4.78 is 12.4. The van der Waals surface area contributed by atoms with Crippen LogP contribution in [0.25, 0.3) is 0 Å². The van der Waals surface area contributed by atoms with Crippen molar-refractivity contribution >= 4 is 17.3 Å². The minimum atomic E-state index is -0.554. The van der Waals surface area contributed by atoms with Crippen LogP contribution in [0.5, 0.6) is 17.2 Å². The number of ether oxygens (including phenoxy) is 2. The fourth-order valence-electron chi connectivity index (χ4n) is 2.55. The summed E-state index contributed by atoms with van der Waals surface area (Å²) in [5, 5.41) is 17.9. The predicted molar refractivity (Wildman–Crippen MR) is 102 cm³/mol. The number of benzene rings is 2. The summed E-state index contributed by atoms with van der Waals surface area (Å²) in [5.41, 5.74) is 0.959. The van der Waals surface area contributed by atoms with E-state index in [-0.39, 0.29) is 29.6 Å². The van der Waals surface area contributed by atoms with Crippen LogP contribution in [-0.2, 0) is 11.3 Å². The van der Waals surface area contributed by atoms with Crippen LogP contribution in [0.4, 0.5) is 11.4 Å². The molecule has 0 aliphatic carbocycles. The molecule has 0 saturated heterocycles. The third-order valence-electron chi connectivity index (χ3n) is 3.75. The Morgan fingerprint density at radius 2 is 2.00 bits per heavy atom. The second-order valence-electron chi connectivity index (χ2n) is 5.99. The van der Waals surface area contributed by atoms with Crippen LogP contribution in [0.1, 0.15) is 5.56 Å². The summed E-state index contributed by atoms with van der Waals surface area (Å²) in [7, 11) is 1.50. The molecule has 28 heavy (non-hydrogen) atoms. The molecule has 1 N–H and O–H groups in total. The summed E-state index contributed by atoms with van der Waals surface area (Å²) in [5.74, 6) is 0.708. The lowest BCUT2D eigenvalue weighted by Gasteiger charge is -2.12. The molecule has 1 aromatic heterocycles. The zero-order valence-corrected chi connectivity index (χ0v) is 15.3. The monoisotopic (exact) mass is 382 g/mol. The van der Waals surface area contributed by atoms with Gasteiger partial charge in [-0.3, -0.25) is 19.6 Å². The summed E-state index contributed by atoms with van der Waals surface area (Å²) >= 11 is 0. The highest BCUT2D eigenvalue weighted by Gasteiger charge is 2.14. The lowest BCUT2D eigenvalue weighted by atomic mass is 10.2. The fraction of sp³-hybridized carbons (Fsp3) is 0.158. The molecule has 0 fully saturated rings. The molecule has 0 spiro atoms. The number of para-hydroxylation sites is 2. The molecule has 0 radical (unpaired) electrons. The first-order chi connectivity index (χ1) is 13.4. The quantitative estimate of drug-likeness (QED) is 0.494. The van der Waals surface area contributed by atoms with Crippen molar-refractivity contribution in [3.63, 3.8) is 0 Å². The van der Waals surface area contributed by atoms with Gasteiger partial charge in [-0.25, -0.2) is 0 Å². The topological polar surface area (TPSA) is 109 Å². The van der Waals surface area contributed by atoms with Crippen molar-refractivity contribution in [2.75, 3.05) is 12.4 Å². The van der Waals surface area contributed by atoms with Gasteiger partial charge >= 0.3 is 0 Å². The van der Waals surface area contributed by atoms with E-state index in [1.165, 1.54) is 30.0 Å². The molecule has 1 heterocycles. The summed E-state index contributed by atoms with van der Waals surface area (Å²) in [6, 6.07) is 11.0. The van der Waals surface area contributed by atoms with Gasteiger partial charge in [-0.2, -0.15) is 5.10 Å². The molecule has 1 amide bonds. The molecular weight excluding hydrogens is 364 g/mol. The van der Waals surface area contributed by atoms with Gasteiger partial charge in [0.15, 0.2) is 11.5 Å². The van der Waals surface area contributed by atoms with Gasteiger partial charge in [0.05, 0.1) is 30.0 Å². The third-order valence-corrected chi connectivity index (χ3v) is 3.75. The molecule has 2 aromatic carbocycles. The molecule has 0 unspecified atom stereocenters. The summed E-state index contributed by atoms with van der Waals surface area (Å²) in [4.78, 5) is 22.9. The van der Waals surface area contributed by atoms with Crippen LogP contribution >= 0.6 is 0 Å². The number of aromatic nitrogens is 2. The second kappa shape index (κ2) is 8.21. The number of non-ortho nitro benzene ring substituents is 1. The van der Waals surface area contributed by atoms with E-state index in [9.17, 15) is 14.9 Å². The van der Waals surface area contributed by atoms with Crippen LogP contribution in [0.3, 0.4) is 0 Å². The average molecular weight is 382 g/mol. The normalized spacial score (nSPS) is 10.4. The third kappa shape index (κ3) is 4.64. The van der Waals surface area contributed by atoms with E-state index >= 15 is 0 Å². The van der Waals surface area contributed by atoms with E-state index in [0.29, 0.717) is 11.5 Å². The number of nitrogens with zero attached hydrogens (tertiary/aromatic N) is 3. The molecule has 144 valence electrons. The van der Waals surface area contributed by atoms with Crippen molar-refractivity contribution in [3.8, 4) is 17.2 Å². The van der Waals surface area contributed by atoms with Gasteiger partial charge < -0.3 is 14.8 Å². The number of carbonyl (C=O) groups excluding carboxylic acids is 1. The maximum absolute atomic E-state index is 12.2. The van der Waals surface area contributed by atoms with E-state index < -0.39 is 4.92 Å². The van der Waals surface area contributed by atoms with Gasteiger partial charge in [0, 0.05) is 18.3 Å². The SMILES string of the molecule is COc1ccccc1Oc1cc(NC(=O)Cn2cc(C)cn2)cc([N+](=O)[O-])c1.